The normalized spacial score (nSPS) is 11.3. The minimum Gasteiger partial charge on any atom is -0.493 e. The molecule has 0 saturated carbocycles. The van der Waals surface area contributed by atoms with E-state index in [1.807, 2.05) is 36.4 Å². The second kappa shape index (κ2) is 8.83. The minimum atomic E-state index is -0.455. The van der Waals surface area contributed by atoms with Gasteiger partial charge in [-0.25, -0.2) is 4.79 Å². The molecule has 2 rings (SSSR count). The van der Waals surface area contributed by atoms with E-state index >= 15 is 0 Å². The van der Waals surface area contributed by atoms with E-state index in [0.717, 1.165) is 12.0 Å². The van der Waals surface area contributed by atoms with Crippen LogP contribution in [-0.2, 0) is 4.79 Å². The number of hydrogen-bond acceptors (Lipinski definition) is 4. The Hall–Kier alpha value is -2.88. The summed E-state index contributed by atoms with van der Waals surface area (Å²) < 4.78 is 10.8. The zero-order valence-corrected chi connectivity index (χ0v) is 14.7. The summed E-state index contributed by atoms with van der Waals surface area (Å²) in [4.78, 5) is 23.6. The van der Waals surface area contributed by atoms with Crippen molar-refractivity contribution in [2.45, 2.75) is 20.3 Å². The van der Waals surface area contributed by atoms with Crippen LogP contribution < -0.4 is 9.47 Å². The molecular weight excluding hydrogens is 316 g/mol. The molecular formula is C21H22O4. The predicted octanol–water partition coefficient (Wildman–Crippen LogP) is 4.54. The van der Waals surface area contributed by atoms with Crippen molar-refractivity contribution in [2.24, 2.45) is 5.92 Å². The molecule has 0 aromatic heterocycles. The molecule has 0 aliphatic rings. The van der Waals surface area contributed by atoms with Crippen molar-refractivity contribution in [1.82, 2.24) is 0 Å². The molecule has 130 valence electrons. The van der Waals surface area contributed by atoms with Gasteiger partial charge < -0.3 is 9.47 Å². The molecule has 4 heteroatoms. The molecule has 0 fully saturated rings. The van der Waals surface area contributed by atoms with Crippen LogP contribution in [0.1, 0.15) is 36.2 Å². The number of benzene rings is 2. The number of rotatable bonds is 7. The van der Waals surface area contributed by atoms with Crippen molar-refractivity contribution in [3.05, 3.63) is 65.7 Å². The van der Waals surface area contributed by atoms with Gasteiger partial charge in [0.05, 0.1) is 12.7 Å². The van der Waals surface area contributed by atoms with Gasteiger partial charge in [-0.15, -0.1) is 0 Å². The van der Waals surface area contributed by atoms with Gasteiger partial charge in [0.15, 0.2) is 11.5 Å². The van der Waals surface area contributed by atoms with E-state index < -0.39 is 5.97 Å². The summed E-state index contributed by atoms with van der Waals surface area (Å²) in [6.45, 7) is 4.18. The topological polar surface area (TPSA) is 52.6 Å². The summed E-state index contributed by atoms with van der Waals surface area (Å²) in [7, 11) is 1.47. The Labute approximate surface area is 148 Å². The first-order valence-electron chi connectivity index (χ1n) is 8.16. The molecule has 4 nitrogen and oxygen atoms in total. The van der Waals surface area contributed by atoms with E-state index in [4.69, 9.17) is 9.47 Å². The molecule has 25 heavy (non-hydrogen) atoms. The average Bonchev–Trinajstić information content (AvgIpc) is 2.62. The Balaban J connectivity index is 2.31. The lowest BCUT2D eigenvalue weighted by atomic mass is 10.0. The lowest BCUT2D eigenvalue weighted by molar-refractivity contribution is -0.128. The van der Waals surface area contributed by atoms with Crippen molar-refractivity contribution >= 4 is 17.8 Å². The Morgan fingerprint density at radius 3 is 2.40 bits per heavy atom. The highest BCUT2D eigenvalue weighted by molar-refractivity contribution is 6.17. The van der Waals surface area contributed by atoms with Crippen LogP contribution in [0.4, 0.5) is 0 Å². The van der Waals surface area contributed by atoms with Crippen molar-refractivity contribution in [3.8, 4) is 11.5 Å². The second-order valence-corrected chi connectivity index (χ2v) is 6.03. The first kappa shape index (κ1) is 18.5. The molecule has 0 radical (unpaired) electrons. The number of carbonyl (C=O) groups is 2. The standard InChI is InChI=1S/C21H22O4/c1-15(2)9-11-18(17-7-5-4-6-8-17)21(23)25-19-12-10-16(14-22)13-20(19)24-3/h4-8,10-15H,9H2,1-3H3. The molecule has 0 bridgehead atoms. The summed E-state index contributed by atoms with van der Waals surface area (Å²) in [6.07, 6.45) is 3.38. The first-order valence-corrected chi connectivity index (χ1v) is 8.16. The van der Waals surface area contributed by atoms with Crippen LogP contribution in [0, 0.1) is 5.92 Å². The van der Waals surface area contributed by atoms with Gasteiger partial charge in [-0.2, -0.15) is 0 Å². The van der Waals surface area contributed by atoms with Gasteiger partial charge in [0.1, 0.15) is 6.29 Å². The molecule has 0 heterocycles. The molecule has 0 saturated heterocycles. The molecule has 0 aliphatic carbocycles. The highest BCUT2D eigenvalue weighted by Crippen LogP contribution is 2.29. The Kier molecular flexibility index (Phi) is 6.52. The first-order chi connectivity index (χ1) is 12.0. The zero-order valence-electron chi connectivity index (χ0n) is 14.7. The van der Waals surface area contributed by atoms with Crippen LogP contribution in [0.25, 0.3) is 5.57 Å². The third-order valence-electron chi connectivity index (χ3n) is 3.62. The molecule has 0 atom stereocenters. The fourth-order valence-corrected chi connectivity index (χ4v) is 2.29. The van der Waals surface area contributed by atoms with Crippen LogP contribution >= 0.6 is 0 Å². The van der Waals surface area contributed by atoms with Crippen molar-refractivity contribution < 1.29 is 19.1 Å². The smallest absolute Gasteiger partial charge is 0.343 e. The molecule has 0 spiro atoms. The number of hydrogen-bond donors (Lipinski definition) is 0. The van der Waals surface area contributed by atoms with E-state index in [-0.39, 0.29) is 5.75 Å². The van der Waals surface area contributed by atoms with Crippen molar-refractivity contribution in [1.29, 1.82) is 0 Å². The van der Waals surface area contributed by atoms with Gasteiger partial charge in [0.2, 0.25) is 0 Å². The van der Waals surface area contributed by atoms with Crippen LogP contribution in [0.5, 0.6) is 11.5 Å². The molecule has 0 unspecified atom stereocenters. The van der Waals surface area contributed by atoms with Gasteiger partial charge in [0, 0.05) is 5.56 Å². The monoisotopic (exact) mass is 338 g/mol. The number of methoxy groups -OCH3 is 1. The van der Waals surface area contributed by atoms with Crippen LogP contribution in [-0.4, -0.2) is 19.4 Å². The quantitative estimate of drug-likeness (QED) is 0.322. The van der Waals surface area contributed by atoms with Gasteiger partial charge in [-0.1, -0.05) is 50.3 Å². The lowest BCUT2D eigenvalue weighted by Gasteiger charge is -2.12. The summed E-state index contributed by atoms with van der Waals surface area (Å²) in [5.74, 6) is 0.593. The van der Waals surface area contributed by atoms with Gasteiger partial charge in [0.25, 0.3) is 0 Å². The molecule has 0 N–H and O–H groups in total. The van der Waals surface area contributed by atoms with Crippen molar-refractivity contribution in [2.75, 3.05) is 7.11 Å². The number of ether oxygens (including phenoxy) is 2. The number of esters is 1. The minimum absolute atomic E-state index is 0.282. The van der Waals surface area contributed by atoms with Crippen LogP contribution in [0.3, 0.4) is 0 Å². The Morgan fingerprint density at radius 2 is 1.80 bits per heavy atom. The SMILES string of the molecule is COc1cc(C=O)ccc1OC(=O)C(=CCC(C)C)c1ccccc1. The van der Waals surface area contributed by atoms with Crippen LogP contribution in [0.2, 0.25) is 0 Å². The van der Waals surface area contributed by atoms with E-state index in [1.54, 1.807) is 12.1 Å². The highest BCUT2D eigenvalue weighted by atomic mass is 16.6. The van der Waals surface area contributed by atoms with Crippen LogP contribution in [0.15, 0.2) is 54.6 Å². The van der Waals surface area contributed by atoms with E-state index in [1.165, 1.54) is 13.2 Å². The zero-order chi connectivity index (χ0) is 18.2. The van der Waals surface area contributed by atoms with Gasteiger partial charge in [-0.3, -0.25) is 4.79 Å². The molecule has 0 aliphatic heterocycles. The summed E-state index contributed by atoms with van der Waals surface area (Å²) in [5.41, 5.74) is 1.77. The summed E-state index contributed by atoms with van der Waals surface area (Å²) in [6, 6.07) is 14.1. The third-order valence-corrected chi connectivity index (χ3v) is 3.62. The number of allylic oxidation sites excluding steroid dienone is 1. The maximum Gasteiger partial charge on any atom is 0.343 e. The van der Waals surface area contributed by atoms with Gasteiger partial charge in [-0.05, 0) is 36.1 Å². The van der Waals surface area contributed by atoms with Crippen molar-refractivity contribution in [3.63, 3.8) is 0 Å². The molecule has 2 aromatic rings. The maximum absolute atomic E-state index is 12.7. The lowest BCUT2D eigenvalue weighted by Crippen LogP contribution is -2.11. The number of aldehydes is 1. The predicted molar refractivity (Wildman–Crippen MR) is 97.9 cm³/mol. The van der Waals surface area contributed by atoms with E-state index in [9.17, 15) is 9.59 Å². The average molecular weight is 338 g/mol. The third kappa shape index (κ3) is 5.05. The summed E-state index contributed by atoms with van der Waals surface area (Å²) in [5, 5.41) is 0. The Morgan fingerprint density at radius 1 is 1.08 bits per heavy atom. The second-order valence-electron chi connectivity index (χ2n) is 6.03. The fourth-order valence-electron chi connectivity index (χ4n) is 2.29. The number of carbonyl (C=O) groups excluding carboxylic acids is 2. The fraction of sp³-hybridized carbons (Fsp3) is 0.238. The largest absolute Gasteiger partial charge is 0.493 e. The molecule has 0 amide bonds. The van der Waals surface area contributed by atoms with E-state index in [2.05, 4.69) is 13.8 Å². The van der Waals surface area contributed by atoms with Gasteiger partial charge >= 0.3 is 5.97 Å². The highest BCUT2D eigenvalue weighted by Gasteiger charge is 2.17. The Bertz CT molecular complexity index is 761. The van der Waals surface area contributed by atoms with E-state index in [0.29, 0.717) is 29.1 Å². The molecule has 2 aromatic carbocycles. The summed E-state index contributed by atoms with van der Waals surface area (Å²) >= 11 is 0. The maximum atomic E-state index is 12.7.